The van der Waals surface area contributed by atoms with Gasteiger partial charge in [0.25, 0.3) is 0 Å². The summed E-state index contributed by atoms with van der Waals surface area (Å²) in [6, 6.07) is 15.4. The maximum atomic E-state index is 5.60. The van der Waals surface area contributed by atoms with Crippen LogP contribution in [0.5, 0.6) is 11.5 Å². The first-order chi connectivity index (χ1) is 13.8. The third kappa shape index (κ3) is 4.69. The molecule has 0 aliphatic carbocycles. The Morgan fingerprint density at radius 2 is 1.71 bits per heavy atom. The van der Waals surface area contributed by atoms with E-state index in [1.54, 1.807) is 14.2 Å². The van der Waals surface area contributed by atoms with Crippen LogP contribution in [0.15, 0.2) is 42.5 Å². The summed E-state index contributed by atoms with van der Waals surface area (Å²) in [4.78, 5) is 2.62. The summed E-state index contributed by atoms with van der Waals surface area (Å²) >= 11 is 0. The first-order valence-corrected chi connectivity index (χ1v) is 10.3. The van der Waals surface area contributed by atoms with Crippen molar-refractivity contribution in [3.63, 3.8) is 0 Å². The van der Waals surface area contributed by atoms with Gasteiger partial charge in [-0.2, -0.15) is 0 Å². The fourth-order valence-corrected chi connectivity index (χ4v) is 4.16. The maximum absolute atomic E-state index is 5.60. The molecule has 28 heavy (non-hydrogen) atoms. The highest BCUT2D eigenvalue weighted by molar-refractivity contribution is 5.51. The lowest BCUT2D eigenvalue weighted by Crippen LogP contribution is -2.36. The van der Waals surface area contributed by atoms with E-state index in [0.717, 1.165) is 43.9 Å². The van der Waals surface area contributed by atoms with Gasteiger partial charge in [-0.1, -0.05) is 43.2 Å². The Kier molecular flexibility index (Phi) is 7.39. The number of terminal acetylenes is 1. The van der Waals surface area contributed by atoms with Gasteiger partial charge >= 0.3 is 0 Å². The van der Waals surface area contributed by atoms with Gasteiger partial charge in [-0.05, 0) is 54.6 Å². The number of nitrogens with zero attached hydrogens (tertiary/aromatic N) is 1. The van der Waals surface area contributed by atoms with Crippen molar-refractivity contribution in [3.05, 3.63) is 59.2 Å². The highest BCUT2D eigenvalue weighted by Crippen LogP contribution is 2.41. The van der Waals surface area contributed by atoms with Crippen molar-refractivity contribution in [2.75, 3.05) is 27.3 Å². The first kappa shape index (κ1) is 20.3. The van der Waals surface area contributed by atoms with Gasteiger partial charge in [-0.15, -0.1) is 12.3 Å². The molecule has 0 N–H and O–H groups in total. The van der Waals surface area contributed by atoms with Crippen molar-refractivity contribution in [3.8, 4) is 23.8 Å². The molecule has 0 saturated carbocycles. The van der Waals surface area contributed by atoms with Gasteiger partial charge in [-0.25, -0.2) is 0 Å². The van der Waals surface area contributed by atoms with Gasteiger partial charge in [0, 0.05) is 13.0 Å². The minimum Gasteiger partial charge on any atom is -0.493 e. The van der Waals surface area contributed by atoms with Crippen molar-refractivity contribution in [2.24, 2.45) is 0 Å². The molecule has 0 fully saturated rings. The number of hydrogen-bond acceptors (Lipinski definition) is 3. The summed E-state index contributed by atoms with van der Waals surface area (Å²) in [7, 11) is 3.41. The summed E-state index contributed by atoms with van der Waals surface area (Å²) in [5, 5.41) is 0. The third-order valence-corrected chi connectivity index (χ3v) is 5.61. The highest BCUT2D eigenvalue weighted by Gasteiger charge is 2.29. The molecule has 2 aromatic rings. The first-order valence-electron chi connectivity index (χ1n) is 10.3. The molecule has 0 aromatic heterocycles. The lowest BCUT2D eigenvalue weighted by atomic mass is 9.87. The van der Waals surface area contributed by atoms with Crippen LogP contribution in [0.1, 0.15) is 54.8 Å². The van der Waals surface area contributed by atoms with Gasteiger partial charge < -0.3 is 9.47 Å². The Labute approximate surface area is 169 Å². The molecular weight excluding hydrogens is 346 g/mol. The largest absolute Gasteiger partial charge is 0.493 e. The fourth-order valence-electron chi connectivity index (χ4n) is 4.16. The third-order valence-electron chi connectivity index (χ3n) is 5.61. The summed E-state index contributed by atoms with van der Waals surface area (Å²) in [5.41, 5.74) is 4.03. The monoisotopic (exact) mass is 377 g/mol. The molecule has 148 valence electrons. The topological polar surface area (TPSA) is 21.7 Å². The lowest BCUT2D eigenvalue weighted by Gasteiger charge is -2.38. The Morgan fingerprint density at radius 1 is 1.00 bits per heavy atom. The molecule has 3 heteroatoms. The average molecular weight is 378 g/mol. The average Bonchev–Trinajstić information content (AvgIpc) is 2.75. The SMILES string of the molecule is C#CCCCCCCN1CCc2cc(OC)c(OC)cc2[C@H]1c1ccccc1. The molecule has 0 amide bonds. The highest BCUT2D eigenvalue weighted by atomic mass is 16.5. The van der Waals surface area contributed by atoms with Gasteiger partial charge in [0.15, 0.2) is 11.5 Å². The fraction of sp³-hybridized carbons (Fsp3) is 0.440. The Hall–Kier alpha value is -2.44. The normalized spacial score (nSPS) is 16.2. The van der Waals surface area contributed by atoms with E-state index >= 15 is 0 Å². The van der Waals surface area contributed by atoms with E-state index in [1.807, 2.05) is 0 Å². The number of unbranched alkanes of at least 4 members (excludes halogenated alkanes) is 4. The Bertz CT molecular complexity index is 794. The lowest BCUT2D eigenvalue weighted by molar-refractivity contribution is 0.207. The standard InChI is InChI=1S/C25H31NO2/c1-4-5-6-7-8-12-16-26-17-15-21-18-23(27-2)24(28-3)19-22(21)25(26)20-13-10-9-11-14-20/h1,9-11,13-14,18-19,25H,5-8,12,15-17H2,2-3H3/t25-/m1/s1. The summed E-state index contributed by atoms with van der Waals surface area (Å²) in [6.07, 6.45) is 12.1. The molecule has 2 aromatic carbocycles. The van der Waals surface area contributed by atoms with Crippen LogP contribution in [-0.2, 0) is 6.42 Å². The van der Waals surface area contributed by atoms with E-state index in [0.29, 0.717) is 0 Å². The van der Waals surface area contributed by atoms with Crippen LogP contribution >= 0.6 is 0 Å². The van der Waals surface area contributed by atoms with Crippen molar-refractivity contribution in [1.82, 2.24) is 4.90 Å². The van der Waals surface area contributed by atoms with Gasteiger partial charge in [-0.3, -0.25) is 4.90 Å². The van der Waals surface area contributed by atoms with Crippen LogP contribution in [0, 0.1) is 12.3 Å². The number of hydrogen-bond donors (Lipinski definition) is 0. The molecule has 1 heterocycles. The minimum atomic E-state index is 0.260. The molecule has 3 nitrogen and oxygen atoms in total. The molecule has 0 bridgehead atoms. The quantitative estimate of drug-likeness (QED) is 0.441. The van der Waals surface area contributed by atoms with Crippen molar-refractivity contribution < 1.29 is 9.47 Å². The van der Waals surface area contributed by atoms with E-state index in [2.05, 4.69) is 53.3 Å². The predicted octanol–water partition coefficient (Wildman–Crippen LogP) is 5.24. The molecule has 1 aliphatic rings. The molecule has 0 saturated heterocycles. The van der Waals surface area contributed by atoms with Crippen LogP contribution in [0.25, 0.3) is 0 Å². The zero-order valence-electron chi connectivity index (χ0n) is 17.1. The maximum Gasteiger partial charge on any atom is 0.161 e. The second-order valence-corrected chi connectivity index (χ2v) is 7.37. The number of methoxy groups -OCH3 is 2. The zero-order valence-corrected chi connectivity index (χ0v) is 17.1. The van der Waals surface area contributed by atoms with E-state index in [1.165, 1.54) is 36.0 Å². The molecule has 0 unspecified atom stereocenters. The van der Waals surface area contributed by atoms with Gasteiger partial charge in [0.1, 0.15) is 0 Å². The summed E-state index contributed by atoms with van der Waals surface area (Å²) < 4.78 is 11.1. The van der Waals surface area contributed by atoms with E-state index in [9.17, 15) is 0 Å². The van der Waals surface area contributed by atoms with E-state index in [4.69, 9.17) is 15.9 Å². The molecule has 3 rings (SSSR count). The van der Waals surface area contributed by atoms with Crippen molar-refractivity contribution >= 4 is 0 Å². The van der Waals surface area contributed by atoms with Crippen LogP contribution in [0.4, 0.5) is 0 Å². The van der Waals surface area contributed by atoms with Crippen LogP contribution < -0.4 is 9.47 Å². The van der Waals surface area contributed by atoms with Gasteiger partial charge in [0.2, 0.25) is 0 Å². The smallest absolute Gasteiger partial charge is 0.161 e. The van der Waals surface area contributed by atoms with E-state index < -0.39 is 0 Å². The van der Waals surface area contributed by atoms with Crippen molar-refractivity contribution in [2.45, 2.75) is 44.6 Å². The molecule has 1 aliphatic heterocycles. The van der Waals surface area contributed by atoms with Crippen LogP contribution in [0.3, 0.4) is 0 Å². The van der Waals surface area contributed by atoms with E-state index in [-0.39, 0.29) is 6.04 Å². The van der Waals surface area contributed by atoms with Crippen molar-refractivity contribution in [1.29, 1.82) is 0 Å². The molecular formula is C25H31NO2. The predicted molar refractivity (Wildman–Crippen MR) is 115 cm³/mol. The number of benzene rings is 2. The Balaban J connectivity index is 1.83. The number of rotatable bonds is 9. The van der Waals surface area contributed by atoms with Crippen LogP contribution in [0.2, 0.25) is 0 Å². The molecule has 1 atom stereocenters. The number of ether oxygens (including phenoxy) is 2. The number of fused-ring (bicyclic) bond motifs is 1. The summed E-state index contributed by atoms with van der Waals surface area (Å²) in [6.45, 7) is 2.16. The van der Waals surface area contributed by atoms with Crippen LogP contribution in [-0.4, -0.2) is 32.2 Å². The molecule has 0 radical (unpaired) electrons. The second-order valence-electron chi connectivity index (χ2n) is 7.37. The second kappa shape index (κ2) is 10.2. The summed E-state index contributed by atoms with van der Waals surface area (Å²) in [5.74, 6) is 4.35. The molecule has 0 spiro atoms. The van der Waals surface area contributed by atoms with Gasteiger partial charge in [0.05, 0.1) is 20.3 Å². The Morgan fingerprint density at radius 3 is 2.43 bits per heavy atom. The zero-order chi connectivity index (χ0) is 19.8. The minimum absolute atomic E-state index is 0.260.